The molecule has 116 valence electrons. The summed E-state index contributed by atoms with van der Waals surface area (Å²) in [5.41, 5.74) is 3.57. The average molecular weight is 313 g/mol. The fourth-order valence-corrected chi connectivity index (χ4v) is 1.62. The highest BCUT2D eigenvalue weighted by Crippen LogP contribution is 2.30. The van der Waals surface area contributed by atoms with Crippen LogP contribution < -0.4 is 16.2 Å². The summed E-state index contributed by atoms with van der Waals surface area (Å²) in [6, 6.07) is 8.96. The Bertz CT molecular complexity index is 673. The Balaban J connectivity index is 1.96. The Morgan fingerprint density at radius 3 is 2.41 bits per heavy atom. The molecule has 3 N–H and O–H groups in total. The number of rotatable bonds is 3. The van der Waals surface area contributed by atoms with E-state index >= 15 is 0 Å². The first kappa shape index (κ1) is 15.6. The van der Waals surface area contributed by atoms with E-state index in [1.54, 1.807) is 0 Å². The highest BCUT2D eigenvalue weighted by molar-refractivity contribution is 5.90. The minimum atomic E-state index is -4.48. The van der Waals surface area contributed by atoms with Crippen molar-refractivity contribution in [2.45, 2.75) is 6.18 Å². The number of hydrazine groups is 1. The number of hydrogen-bond acceptors (Lipinski definition) is 2. The molecular weight excluding hydrogens is 302 g/mol. The van der Waals surface area contributed by atoms with Gasteiger partial charge in [-0.2, -0.15) is 13.2 Å². The van der Waals surface area contributed by atoms with Crippen molar-refractivity contribution >= 4 is 17.4 Å². The van der Waals surface area contributed by atoms with Crippen molar-refractivity contribution in [3.63, 3.8) is 0 Å². The van der Waals surface area contributed by atoms with Crippen LogP contribution in [0.2, 0.25) is 0 Å². The molecule has 0 aliphatic carbocycles. The molecule has 0 unspecified atom stereocenters. The van der Waals surface area contributed by atoms with E-state index in [9.17, 15) is 22.4 Å². The van der Waals surface area contributed by atoms with Gasteiger partial charge in [0.25, 0.3) is 0 Å². The van der Waals surface area contributed by atoms with Gasteiger partial charge in [0.15, 0.2) is 0 Å². The smallest absolute Gasteiger partial charge is 0.304 e. The van der Waals surface area contributed by atoms with Gasteiger partial charge >= 0.3 is 12.2 Å². The molecule has 2 aromatic rings. The standard InChI is InChI=1S/C14H11F4N3O/c15-11-6-1-2-7-12(11)19-13(22)21-20-10-5-3-4-9(8-10)14(16,17)18/h1-8,20H,(H2,19,21,22). The molecule has 22 heavy (non-hydrogen) atoms. The molecule has 8 heteroatoms. The maximum absolute atomic E-state index is 13.3. The van der Waals surface area contributed by atoms with Crippen LogP contribution in [0, 0.1) is 5.82 Å². The molecule has 0 fully saturated rings. The molecule has 0 saturated heterocycles. The number of carbonyl (C=O) groups excluding carboxylic acids is 1. The molecule has 4 nitrogen and oxygen atoms in total. The minimum absolute atomic E-state index is 0.0403. The molecule has 2 aromatic carbocycles. The monoisotopic (exact) mass is 313 g/mol. The maximum atomic E-state index is 13.3. The van der Waals surface area contributed by atoms with Gasteiger partial charge in [0, 0.05) is 0 Å². The van der Waals surface area contributed by atoms with E-state index in [1.165, 1.54) is 30.3 Å². The summed E-state index contributed by atoms with van der Waals surface area (Å²) in [5.74, 6) is -0.628. The lowest BCUT2D eigenvalue weighted by Crippen LogP contribution is -2.33. The molecular formula is C14H11F4N3O. The van der Waals surface area contributed by atoms with Crippen molar-refractivity contribution in [3.05, 3.63) is 59.9 Å². The van der Waals surface area contributed by atoms with Crippen LogP contribution >= 0.6 is 0 Å². The minimum Gasteiger partial charge on any atom is -0.304 e. The summed E-state index contributed by atoms with van der Waals surface area (Å²) in [5, 5.41) is 2.22. The topological polar surface area (TPSA) is 53.2 Å². The van der Waals surface area contributed by atoms with Crippen LogP contribution in [0.4, 0.5) is 33.7 Å². The van der Waals surface area contributed by atoms with Crippen molar-refractivity contribution in [2.75, 3.05) is 10.7 Å². The van der Waals surface area contributed by atoms with Crippen molar-refractivity contribution in [3.8, 4) is 0 Å². The number of alkyl halides is 3. The van der Waals surface area contributed by atoms with E-state index in [0.717, 1.165) is 18.2 Å². The zero-order valence-corrected chi connectivity index (χ0v) is 11.0. The summed E-state index contributed by atoms with van der Waals surface area (Å²) in [6.45, 7) is 0. The lowest BCUT2D eigenvalue weighted by molar-refractivity contribution is -0.137. The SMILES string of the molecule is O=C(NNc1cccc(C(F)(F)F)c1)Nc1ccccc1F. The van der Waals surface area contributed by atoms with Gasteiger partial charge in [-0.15, -0.1) is 0 Å². The summed E-state index contributed by atoms with van der Waals surface area (Å²) in [6.07, 6.45) is -4.48. The van der Waals surface area contributed by atoms with Crippen LogP contribution in [0.25, 0.3) is 0 Å². The molecule has 2 amide bonds. The molecule has 0 saturated carbocycles. The first-order valence-electron chi connectivity index (χ1n) is 6.11. The zero-order valence-electron chi connectivity index (χ0n) is 11.0. The van der Waals surface area contributed by atoms with Crippen LogP contribution in [-0.4, -0.2) is 6.03 Å². The van der Waals surface area contributed by atoms with Gasteiger partial charge in [-0.1, -0.05) is 18.2 Å². The van der Waals surface area contributed by atoms with Crippen LogP contribution in [0.1, 0.15) is 5.56 Å². The number of halogens is 4. The molecule has 2 rings (SSSR count). The van der Waals surface area contributed by atoms with Gasteiger partial charge in [-0.3, -0.25) is 10.9 Å². The van der Waals surface area contributed by atoms with Gasteiger partial charge in [0.1, 0.15) is 5.82 Å². The highest BCUT2D eigenvalue weighted by Gasteiger charge is 2.30. The Hall–Kier alpha value is -2.77. The normalized spacial score (nSPS) is 10.9. The van der Waals surface area contributed by atoms with Crippen LogP contribution in [-0.2, 0) is 6.18 Å². The van der Waals surface area contributed by atoms with Gasteiger partial charge in [-0.05, 0) is 30.3 Å². The van der Waals surface area contributed by atoms with Gasteiger partial charge in [-0.25, -0.2) is 9.18 Å². The number of urea groups is 1. The molecule has 0 aromatic heterocycles. The van der Waals surface area contributed by atoms with Gasteiger partial charge in [0.2, 0.25) is 0 Å². The third kappa shape index (κ3) is 4.11. The number of amides is 2. The fourth-order valence-electron chi connectivity index (χ4n) is 1.62. The summed E-state index contributed by atoms with van der Waals surface area (Å²) in [4.78, 5) is 11.5. The van der Waals surface area contributed by atoms with Crippen molar-refractivity contribution in [2.24, 2.45) is 0 Å². The second kappa shape index (κ2) is 6.33. The lowest BCUT2D eigenvalue weighted by atomic mass is 10.2. The maximum Gasteiger partial charge on any atom is 0.416 e. The number of nitrogens with one attached hydrogen (secondary N) is 3. The second-order valence-corrected chi connectivity index (χ2v) is 4.26. The number of para-hydroxylation sites is 1. The van der Waals surface area contributed by atoms with E-state index in [-0.39, 0.29) is 11.4 Å². The third-order valence-electron chi connectivity index (χ3n) is 2.63. The molecule has 0 aliphatic heterocycles. The number of benzene rings is 2. The number of carbonyl (C=O) groups is 1. The Morgan fingerprint density at radius 1 is 1.00 bits per heavy atom. The molecule has 0 spiro atoms. The van der Waals surface area contributed by atoms with Crippen LogP contribution in [0.15, 0.2) is 48.5 Å². The molecule has 0 atom stereocenters. The quantitative estimate of drug-likeness (QED) is 0.593. The van der Waals surface area contributed by atoms with Crippen LogP contribution in [0.3, 0.4) is 0 Å². The predicted octanol–water partition coefficient (Wildman–Crippen LogP) is 3.99. The summed E-state index contributed by atoms with van der Waals surface area (Å²) < 4.78 is 50.9. The number of hydrogen-bond donors (Lipinski definition) is 3. The van der Waals surface area contributed by atoms with Gasteiger partial charge < -0.3 is 5.32 Å². The Labute approximate surface area is 123 Å². The Kier molecular flexibility index (Phi) is 4.50. The lowest BCUT2D eigenvalue weighted by Gasteiger charge is -2.12. The first-order chi connectivity index (χ1) is 10.4. The van der Waals surface area contributed by atoms with E-state index in [0.29, 0.717) is 0 Å². The van der Waals surface area contributed by atoms with Crippen LogP contribution in [0.5, 0.6) is 0 Å². The van der Waals surface area contributed by atoms with E-state index in [1.807, 2.05) is 0 Å². The molecule has 0 heterocycles. The second-order valence-electron chi connectivity index (χ2n) is 4.26. The van der Waals surface area contributed by atoms with Gasteiger partial charge in [0.05, 0.1) is 16.9 Å². The van der Waals surface area contributed by atoms with E-state index in [4.69, 9.17) is 0 Å². The van der Waals surface area contributed by atoms with E-state index < -0.39 is 23.6 Å². The predicted molar refractivity (Wildman–Crippen MR) is 73.6 cm³/mol. The zero-order chi connectivity index (χ0) is 16.2. The summed E-state index contributed by atoms with van der Waals surface area (Å²) in [7, 11) is 0. The summed E-state index contributed by atoms with van der Waals surface area (Å²) >= 11 is 0. The fraction of sp³-hybridized carbons (Fsp3) is 0.0714. The first-order valence-corrected chi connectivity index (χ1v) is 6.11. The van der Waals surface area contributed by atoms with Crippen molar-refractivity contribution in [1.82, 2.24) is 5.43 Å². The average Bonchev–Trinajstić information content (AvgIpc) is 2.47. The van der Waals surface area contributed by atoms with Crippen molar-refractivity contribution in [1.29, 1.82) is 0 Å². The van der Waals surface area contributed by atoms with Crippen molar-refractivity contribution < 1.29 is 22.4 Å². The number of anilines is 2. The van der Waals surface area contributed by atoms with E-state index in [2.05, 4.69) is 16.2 Å². The molecule has 0 radical (unpaired) electrons. The largest absolute Gasteiger partial charge is 0.416 e. The highest BCUT2D eigenvalue weighted by atomic mass is 19.4. The molecule has 0 bridgehead atoms. The third-order valence-corrected chi connectivity index (χ3v) is 2.63. The Morgan fingerprint density at radius 2 is 1.73 bits per heavy atom. The molecule has 0 aliphatic rings.